The first-order valence-electron chi connectivity index (χ1n) is 9.11. The molecule has 0 saturated carbocycles. The van der Waals surface area contributed by atoms with E-state index >= 15 is 0 Å². The summed E-state index contributed by atoms with van der Waals surface area (Å²) in [7, 11) is 0. The molecule has 0 aliphatic carbocycles. The van der Waals surface area contributed by atoms with Crippen LogP contribution in [0.3, 0.4) is 0 Å². The van der Waals surface area contributed by atoms with Crippen molar-refractivity contribution in [1.29, 1.82) is 0 Å². The van der Waals surface area contributed by atoms with Gasteiger partial charge >= 0.3 is 11.9 Å². The highest BCUT2D eigenvalue weighted by atomic mass is 16.5. The fourth-order valence-corrected chi connectivity index (χ4v) is 2.73. The lowest BCUT2D eigenvalue weighted by molar-refractivity contribution is 0.0489. The molecule has 1 rings (SSSR count). The first-order valence-corrected chi connectivity index (χ1v) is 9.11. The van der Waals surface area contributed by atoms with Gasteiger partial charge in [0.05, 0.1) is 17.7 Å². The Morgan fingerprint density at radius 2 is 1.58 bits per heavy atom. The lowest BCUT2D eigenvalue weighted by atomic mass is 9.90. The maximum Gasteiger partial charge on any atom is 0.339 e. The number of carbonyl (C=O) groups excluding carboxylic acids is 1. The lowest BCUT2D eigenvalue weighted by Crippen LogP contribution is -2.16. The molecule has 4 heteroatoms. The first kappa shape index (κ1) is 20.2. The summed E-state index contributed by atoms with van der Waals surface area (Å²) >= 11 is 0. The van der Waals surface area contributed by atoms with Crippen molar-refractivity contribution >= 4 is 11.9 Å². The van der Waals surface area contributed by atoms with Crippen molar-refractivity contribution in [1.82, 2.24) is 0 Å². The monoisotopic (exact) mass is 334 g/mol. The van der Waals surface area contributed by atoms with E-state index in [1.54, 1.807) is 6.07 Å². The van der Waals surface area contributed by atoms with Crippen LogP contribution < -0.4 is 0 Å². The summed E-state index contributed by atoms with van der Waals surface area (Å²) in [5, 5.41) is 9.71. The van der Waals surface area contributed by atoms with Gasteiger partial charge in [-0.3, -0.25) is 0 Å². The molecular formula is C20H30O4. The van der Waals surface area contributed by atoms with Gasteiger partial charge in [0.2, 0.25) is 0 Å². The number of aromatic carboxylic acids is 1. The first-order chi connectivity index (χ1) is 11.6. The quantitative estimate of drug-likeness (QED) is 0.455. The van der Waals surface area contributed by atoms with Crippen molar-refractivity contribution in [3.8, 4) is 0 Å². The van der Waals surface area contributed by atoms with Gasteiger partial charge in [-0.1, -0.05) is 46.1 Å². The number of benzene rings is 1. The molecule has 0 bridgehead atoms. The van der Waals surface area contributed by atoms with Gasteiger partial charge in [0.15, 0.2) is 0 Å². The van der Waals surface area contributed by atoms with Crippen molar-refractivity contribution in [3.63, 3.8) is 0 Å². The van der Waals surface area contributed by atoms with Crippen LogP contribution in [0.2, 0.25) is 0 Å². The molecule has 0 aromatic heterocycles. The van der Waals surface area contributed by atoms with E-state index in [1.807, 2.05) is 13.0 Å². The molecule has 0 amide bonds. The molecule has 0 spiro atoms. The summed E-state index contributed by atoms with van der Waals surface area (Å²) in [5.74, 6) is -1.57. The van der Waals surface area contributed by atoms with Gasteiger partial charge in [-0.05, 0) is 49.3 Å². The Hall–Kier alpha value is -1.84. The van der Waals surface area contributed by atoms with Gasteiger partial charge < -0.3 is 9.84 Å². The van der Waals surface area contributed by atoms with Gasteiger partial charge in [-0.25, -0.2) is 9.59 Å². The van der Waals surface area contributed by atoms with Crippen LogP contribution in [0.1, 0.15) is 91.1 Å². The van der Waals surface area contributed by atoms with Crippen LogP contribution >= 0.6 is 0 Å². The molecule has 0 heterocycles. The van der Waals surface area contributed by atoms with Crippen molar-refractivity contribution in [2.24, 2.45) is 0 Å². The Labute approximate surface area is 145 Å². The minimum absolute atomic E-state index is 0.138. The molecule has 0 radical (unpaired) electrons. The van der Waals surface area contributed by atoms with Gasteiger partial charge in [0, 0.05) is 0 Å². The minimum Gasteiger partial charge on any atom is -0.478 e. The highest BCUT2D eigenvalue weighted by Crippen LogP contribution is 2.24. The number of carboxylic acids is 1. The topological polar surface area (TPSA) is 63.6 Å². The molecule has 1 N–H and O–H groups in total. The molecular weight excluding hydrogens is 304 g/mol. The minimum atomic E-state index is -1.04. The molecule has 1 aromatic rings. The van der Waals surface area contributed by atoms with E-state index in [9.17, 15) is 14.7 Å². The molecule has 4 nitrogen and oxygen atoms in total. The molecule has 134 valence electrons. The Morgan fingerprint density at radius 1 is 0.958 bits per heavy atom. The standard InChI is InChI=1S/C20H30O4/c1-4-7-10-15-12-13-17(20(23)24-14-9-6-3)18(19(21)22)16(15)11-8-5-2/h12-13H,4-11,14H2,1-3H3,(H,21,22). The largest absolute Gasteiger partial charge is 0.478 e. The van der Waals surface area contributed by atoms with Crippen molar-refractivity contribution < 1.29 is 19.4 Å². The fraction of sp³-hybridized carbons (Fsp3) is 0.600. The molecule has 0 atom stereocenters. The van der Waals surface area contributed by atoms with E-state index < -0.39 is 11.9 Å². The van der Waals surface area contributed by atoms with Crippen LogP contribution in [-0.4, -0.2) is 23.7 Å². The smallest absolute Gasteiger partial charge is 0.339 e. The van der Waals surface area contributed by atoms with Crippen molar-refractivity contribution in [3.05, 3.63) is 34.4 Å². The fourth-order valence-electron chi connectivity index (χ4n) is 2.73. The van der Waals surface area contributed by atoms with E-state index in [2.05, 4.69) is 13.8 Å². The number of carbonyl (C=O) groups is 2. The highest BCUT2D eigenvalue weighted by Gasteiger charge is 2.23. The second-order valence-corrected chi connectivity index (χ2v) is 6.13. The zero-order valence-electron chi connectivity index (χ0n) is 15.2. The predicted octanol–water partition coefficient (Wildman–Crippen LogP) is 5.03. The summed E-state index contributed by atoms with van der Waals surface area (Å²) in [6.07, 6.45) is 7.20. The summed E-state index contributed by atoms with van der Waals surface area (Å²) < 4.78 is 5.24. The molecule has 0 unspecified atom stereocenters. The van der Waals surface area contributed by atoms with Crippen molar-refractivity contribution in [2.75, 3.05) is 6.61 Å². The number of hydrogen-bond acceptors (Lipinski definition) is 3. The molecule has 24 heavy (non-hydrogen) atoms. The van der Waals surface area contributed by atoms with Gasteiger partial charge in [-0.15, -0.1) is 0 Å². The zero-order chi connectivity index (χ0) is 17.9. The van der Waals surface area contributed by atoms with Crippen LogP contribution in [0.25, 0.3) is 0 Å². The molecule has 1 aromatic carbocycles. The maximum atomic E-state index is 12.3. The normalized spacial score (nSPS) is 10.6. The molecule has 0 fully saturated rings. The second kappa shape index (κ2) is 10.8. The SMILES string of the molecule is CCCCOC(=O)c1ccc(CCCC)c(CCCC)c1C(=O)O. The Morgan fingerprint density at radius 3 is 2.17 bits per heavy atom. The van der Waals surface area contributed by atoms with E-state index in [0.717, 1.165) is 56.1 Å². The number of carboxylic acid groups (broad SMARTS) is 1. The average Bonchev–Trinajstić information content (AvgIpc) is 2.57. The van der Waals surface area contributed by atoms with E-state index in [0.29, 0.717) is 13.0 Å². The third kappa shape index (κ3) is 5.66. The third-order valence-corrected chi connectivity index (χ3v) is 4.15. The third-order valence-electron chi connectivity index (χ3n) is 4.15. The number of rotatable bonds is 11. The predicted molar refractivity (Wildman–Crippen MR) is 95.8 cm³/mol. The van der Waals surface area contributed by atoms with E-state index in [4.69, 9.17) is 4.74 Å². The van der Waals surface area contributed by atoms with Crippen LogP contribution in [0.4, 0.5) is 0 Å². The molecule has 0 aliphatic heterocycles. The second-order valence-electron chi connectivity index (χ2n) is 6.13. The van der Waals surface area contributed by atoms with E-state index in [1.165, 1.54) is 0 Å². The Kier molecular flexibility index (Phi) is 9.13. The van der Waals surface area contributed by atoms with Crippen LogP contribution in [0.5, 0.6) is 0 Å². The lowest BCUT2D eigenvalue weighted by Gasteiger charge is -2.16. The van der Waals surface area contributed by atoms with Crippen LogP contribution in [-0.2, 0) is 17.6 Å². The number of esters is 1. The van der Waals surface area contributed by atoms with Crippen molar-refractivity contribution in [2.45, 2.75) is 72.1 Å². The number of hydrogen-bond donors (Lipinski definition) is 1. The van der Waals surface area contributed by atoms with Gasteiger partial charge in [0.25, 0.3) is 0 Å². The summed E-state index contributed by atoms with van der Waals surface area (Å²) in [5.41, 5.74) is 2.18. The van der Waals surface area contributed by atoms with E-state index in [-0.39, 0.29) is 11.1 Å². The molecule has 0 saturated heterocycles. The zero-order valence-corrected chi connectivity index (χ0v) is 15.2. The molecule has 0 aliphatic rings. The van der Waals surface area contributed by atoms with Crippen LogP contribution in [0, 0.1) is 0 Å². The summed E-state index contributed by atoms with van der Waals surface area (Å²) in [6.45, 7) is 6.54. The Bertz CT molecular complexity index is 549. The average molecular weight is 334 g/mol. The van der Waals surface area contributed by atoms with Gasteiger partial charge in [0.1, 0.15) is 0 Å². The Balaban J connectivity index is 3.23. The van der Waals surface area contributed by atoms with Gasteiger partial charge in [-0.2, -0.15) is 0 Å². The van der Waals surface area contributed by atoms with Crippen LogP contribution in [0.15, 0.2) is 12.1 Å². The summed E-state index contributed by atoms with van der Waals surface area (Å²) in [6, 6.07) is 3.53. The summed E-state index contributed by atoms with van der Waals surface area (Å²) in [4.78, 5) is 24.2. The maximum absolute atomic E-state index is 12.3. The number of ether oxygens (including phenoxy) is 1. The number of unbranched alkanes of at least 4 members (excludes halogenated alkanes) is 3. The number of aryl methyl sites for hydroxylation is 1. The highest BCUT2D eigenvalue weighted by molar-refractivity contribution is 6.03.